The third-order valence-corrected chi connectivity index (χ3v) is 7.85. The summed E-state index contributed by atoms with van der Waals surface area (Å²) in [5.74, 6) is -0.501. The quantitative estimate of drug-likeness (QED) is 0.453. The fraction of sp³-hybridized carbons (Fsp3) is 0.269. The molecule has 3 amide bonds. The van der Waals surface area contributed by atoms with Crippen molar-refractivity contribution < 1.29 is 27.1 Å². The van der Waals surface area contributed by atoms with E-state index in [0.29, 0.717) is 23.7 Å². The van der Waals surface area contributed by atoms with Crippen LogP contribution in [-0.4, -0.2) is 66.8 Å². The van der Waals surface area contributed by atoms with E-state index in [1.807, 2.05) is 6.92 Å². The van der Waals surface area contributed by atoms with Gasteiger partial charge < -0.3 is 20.3 Å². The second kappa shape index (κ2) is 12.0. The van der Waals surface area contributed by atoms with E-state index in [9.17, 15) is 22.4 Å². The van der Waals surface area contributed by atoms with Crippen molar-refractivity contribution in [1.29, 1.82) is 0 Å². The predicted molar refractivity (Wildman–Crippen MR) is 138 cm³/mol. The van der Waals surface area contributed by atoms with E-state index in [1.54, 1.807) is 48.7 Å². The fourth-order valence-corrected chi connectivity index (χ4v) is 5.57. The van der Waals surface area contributed by atoms with Crippen LogP contribution in [-0.2, 0) is 21.4 Å². The molecular weight excluding hydrogens is 513 g/mol. The summed E-state index contributed by atoms with van der Waals surface area (Å²) in [6.07, 6.45) is 1.58. The molecule has 200 valence electrons. The first-order chi connectivity index (χ1) is 18.3. The van der Waals surface area contributed by atoms with Crippen LogP contribution >= 0.6 is 0 Å². The highest BCUT2D eigenvalue weighted by Gasteiger charge is 2.41. The minimum Gasteiger partial charge on any atom is -0.494 e. The Morgan fingerprint density at radius 2 is 1.79 bits per heavy atom. The number of benzene rings is 2. The summed E-state index contributed by atoms with van der Waals surface area (Å²) in [5.41, 5.74) is 1.12. The number of pyridine rings is 1. The normalized spacial score (nSPS) is 16.1. The number of amides is 3. The van der Waals surface area contributed by atoms with Crippen molar-refractivity contribution in [2.75, 3.05) is 31.6 Å². The van der Waals surface area contributed by atoms with Crippen LogP contribution in [0.2, 0.25) is 0 Å². The number of hydrogen-bond acceptors (Lipinski definition) is 6. The molecule has 1 aliphatic rings. The van der Waals surface area contributed by atoms with Crippen molar-refractivity contribution in [1.82, 2.24) is 19.5 Å². The molecular formula is C26H28FN5O5S. The van der Waals surface area contributed by atoms with Crippen LogP contribution in [0.4, 0.5) is 14.9 Å². The molecule has 3 aromatic rings. The van der Waals surface area contributed by atoms with Gasteiger partial charge in [-0.25, -0.2) is 17.6 Å². The average molecular weight is 542 g/mol. The van der Waals surface area contributed by atoms with Crippen LogP contribution < -0.4 is 15.4 Å². The maximum Gasteiger partial charge on any atom is 0.321 e. The van der Waals surface area contributed by atoms with Gasteiger partial charge in [0.25, 0.3) is 0 Å². The van der Waals surface area contributed by atoms with Gasteiger partial charge >= 0.3 is 6.03 Å². The second-order valence-corrected chi connectivity index (χ2v) is 10.3. The number of carbonyl (C=O) groups is 2. The van der Waals surface area contributed by atoms with Gasteiger partial charge in [0.05, 0.1) is 23.7 Å². The Bertz CT molecular complexity index is 1360. The number of ether oxygens (including phenoxy) is 1. The Kier molecular flexibility index (Phi) is 8.54. The summed E-state index contributed by atoms with van der Waals surface area (Å²) in [7, 11) is -4.16. The van der Waals surface area contributed by atoms with Gasteiger partial charge in [0.2, 0.25) is 15.9 Å². The predicted octanol–water partition coefficient (Wildman–Crippen LogP) is 2.84. The Morgan fingerprint density at radius 1 is 1.05 bits per heavy atom. The lowest BCUT2D eigenvalue weighted by Gasteiger charge is -2.39. The molecule has 38 heavy (non-hydrogen) atoms. The second-order valence-electron chi connectivity index (χ2n) is 8.46. The van der Waals surface area contributed by atoms with Crippen molar-refractivity contribution in [2.24, 2.45) is 0 Å². The zero-order chi connectivity index (χ0) is 27.1. The van der Waals surface area contributed by atoms with Crippen LogP contribution in [0.5, 0.6) is 5.75 Å². The van der Waals surface area contributed by atoms with Gasteiger partial charge in [-0.05, 0) is 67.6 Å². The monoisotopic (exact) mass is 541 g/mol. The van der Waals surface area contributed by atoms with Gasteiger partial charge in [-0.3, -0.25) is 9.78 Å². The third-order valence-electron chi connectivity index (χ3n) is 5.93. The van der Waals surface area contributed by atoms with E-state index >= 15 is 0 Å². The minimum atomic E-state index is -4.16. The number of nitrogens with zero attached hydrogens (tertiary/aromatic N) is 3. The number of aromatic nitrogens is 1. The zero-order valence-electron chi connectivity index (χ0n) is 20.7. The summed E-state index contributed by atoms with van der Waals surface area (Å²) in [6.45, 7) is 2.21. The molecule has 1 saturated heterocycles. The van der Waals surface area contributed by atoms with Gasteiger partial charge in [0.15, 0.2) is 0 Å². The number of carbonyl (C=O) groups excluding carboxylic acids is 2. The number of anilines is 1. The minimum absolute atomic E-state index is 0.0489. The molecule has 1 fully saturated rings. The summed E-state index contributed by atoms with van der Waals surface area (Å²) < 4.78 is 46.7. The number of piperazine rings is 1. The van der Waals surface area contributed by atoms with E-state index in [1.165, 1.54) is 4.90 Å². The van der Waals surface area contributed by atoms with Crippen molar-refractivity contribution >= 4 is 27.6 Å². The molecule has 1 aromatic heterocycles. The van der Waals surface area contributed by atoms with Crippen molar-refractivity contribution in [2.45, 2.75) is 24.4 Å². The largest absolute Gasteiger partial charge is 0.494 e. The highest BCUT2D eigenvalue weighted by molar-refractivity contribution is 7.89. The molecule has 1 aliphatic heterocycles. The van der Waals surface area contributed by atoms with E-state index in [-0.39, 0.29) is 31.1 Å². The number of nitrogens with one attached hydrogen (secondary N) is 2. The number of sulfonamides is 1. The van der Waals surface area contributed by atoms with E-state index in [4.69, 9.17) is 4.74 Å². The number of halogens is 1. The molecule has 1 atom stereocenters. The fourth-order valence-electron chi connectivity index (χ4n) is 4.00. The highest BCUT2D eigenvalue weighted by Crippen LogP contribution is 2.23. The van der Waals surface area contributed by atoms with Crippen molar-refractivity contribution in [3.63, 3.8) is 0 Å². The van der Waals surface area contributed by atoms with Gasteiger partial charge in [-0.2, -0.15) is 4.31 Å². The van der Waals surface area contributed by atoms with E-state index in [2.05, 4.69) is 15.6 Å². The summed E-state index contributed by atoms with van der Waals surface area (Å²) >= 11 is 0. The molecule has 1 unspecified atom stereocenters. The molecule has 0 aliphatic carbocycles. The van der Waals surface area contributed by atoms with Crippen molar-refractivity contribution in [3.8, 4) is 5.75 Å². The average Bonchev–Trinajstić information content (AvgIpc) is 2.93. The van der Waals surface area contributed by atoms with Gasteiger partial charge in [-0.15, -0.1) is 0 Å². The Morgan fingerprint density at radius 3 is 2.45 bits per heavy atom. The van der Waals surface area contributed by atoms with Crippen molar-refractivity contribution in [3.05, 3.63) is 84.4 Å². The molecule has 2 aromatic carbocycles. The molecule has 10 nitrogen and oxygen atoms in total. The zero-order valence-corrected chi connectivity index (χ0v) is 21.5. The lowest BCUT2D eigenvalue weighted by atomic mass is 10.2. The van der Waals surface area contributed by atoms with Gasteiger partial charge in [0.1, 0.15) is 17.6 Å². The molecule has 12 heteroatoms. The first-order valence-electron chi connectivity index (χ1n) is 12.0. The standard InChI is InChI=1S/C26H28FN5O5S/c1-2-37-22-10-8-20(9-11-22)30-26(34)31-15-16-32(38(35,36)23-12-6-19(27)7-13-23)24(18-31)25(33)29-17-21-5-3-4-14-28-21/h3-14,24H,2,15-18H2,1H3,(H,29,33)(H,30,34). The maximum absolute atomic E-state index is 13.4. The molecule has 4 rings (SSSR count). The lowest BCUT2D eigenvalue weighted by Crippen LogP contribution is -2.61. The molecule has 0 spiro atoms. The van der Waals surface area contributed by atoms with Crippen LogP contribution in [0.1, 0.15) is 12.6 Å². The Hall–Kier alpha value is -4.03. The first kappa shape index (κ1) is 27.0. The van der Waals surface area contributed by atoms with Crippen LogP contribution in [0, 0.1) is 5.82 Å². The summed E-state index contributed by atoms with van der Waals surface area (Å²) in [4.78, 5) is 31.7. The third kappa shape index (κ3) is 6.45. The first-order valence-corrected chi connectivity index (χ1v) is 13.5. The molecule has 0 bridgehead atoms. The Balaban J connectivity index is 1.52. The lowest BCUT2D eigenvalue weighted by molar-refractivity contribution is -0.126. The van der Waals surface area contributed by atoms with Gasteiger partial charge in [0, 0.05) is 31.5 Å². The smallest absolute Gasteiger partial charge is 0.321 e. The number of urea groups is 1. The van der Waals surface area contributed by atoms with E-state index < -0.39 is 33.8 Å². The highest BCUT2D eigenvalue weighted by atomic mass is 32.2. The molecule has 2 heterocycles. The molecule has 2 N–H and O–H groups in total. The van der Waals surface area contributed by atoms with E-state index in [0.717, 1.165) is 28.6 Å². The van der Waals surface area contributed by atoms with Crippen LogP contribution in [0.25, 0.3) is 0 Å². The topological polar surface area (TPSA) is 121 Å². The molecule has 0 radical (unpaired) electrons. The Labute approximate surface area is 220 Å². The summed E-state index contributed by atoms with van der Waals surface area (Å²) in [6, 6.07) is 14.8. The maximum atomic E-state index is 13.4. The van der Waals surface area contributed by atoms with Gasteiger partial charge in [-0.1, -0.05) is 6.07 Å². The van der Waals surface area contributed by atoms with Crippen LogP contribution in [0.3, 0.4) is 0 Å². The SMILES string of the molecule is CCOc1ccc(NC(=O)N2CCN(S(=O)(=O)c3ccc(F)cc3)C(C(=O)NCc3ccccn3)C2)cc1. The molecule has 0 saturated carbocycles. The summed E-state index contributed by atoms with van der Waals surface area (Å²) in [5, 5.41) is 5.49. The number of hydrogen-bond donors (Lipinski definition) is 2. The number of rotatable bonds is 8. The van der Waals surface area contributed by atoms with Crippen LogP contribution in [0.15, 0.2) is 77.8 Å².